The Balaban J connectivity index is 2.70. The van der Waals surface area contributed by atoms with Crippen molar-refractivity contribution in [2.75, 3.05) is 14.2 Å². The Hall–Kier alpha value is -1.22. The van der Waals surface area contributed by atoms with Crippen LogP contribution in [0.1, 0.15) is 0 Å². The van der Waals surface area contributed by atoms with Crippen LogP contribution in [-0.2, 0) is 0 Å². The summed E-state index contributed by atoms with van der Waals surface area (Å²) in [7, 11) is 3.33. The number of ether oxygens (including phenoxy) is 2. The van der Waals surface area contributed by atoms with Gasteiger partial charge in [-0.1, -0.05) is 0 Å². The normalized spacial score (nSPS) is 10.3. The monoisotopic (exact) mass is 194 g/mol. The molecule has 2 nitrogen and oxygen atoms in total. The zero-order valence-corrected chi connectivity index (χ0v) is 8.35. The van der Waals surface area contributed by atoms with Crippen molar-refractivity contribution in [3.8, 4) is 11.5 Å². The van der Waals surface area contributed by atoms with Gasteiger partial charge in [-0.15, -0.1) is 11.3 Å². The fourth-order valence-electron chi connectivity index (χ4n) is 1.30. The summed E-state index contributed by atoms with van der Waals surface area (Å²) in [6, 6.07) is 5.97. The van der Waals surface area contributed by atoms with Gasteiger partial charge in [0.1, 0.15) is 11.5 Å². The van der Waals surface area contributed by atoms with Crippen LogP contribution in [0.4, 0.5) is 0 Å². The summed E-state index contributed by atoms with van der Waals surface area (Å²) in [6.07, 6.45) is 0. The summed E-state index contributed by atoms with van der Waals surface area (Å²) in [5.41, 5.74) is 0. The minimum Gasteiger partial charge on any atom is -0.497 e. The first-order valence-electron chi connectivity index (χ1n) is 3.94. The molecule has 0 aliphatic carbocycles. The van der Waals surface area contributed by atoms with Crippen LogP contribution in [0, 0.1) is 0 Å². The van der Waals surface area contributed by atoms with E-state index in [0.29, 0.717) is 0 Å². The number of methoxy groups -OCH3 is 2. The zero-order chi connectivity index (χ0) is 9.26. The Morgan fingerprint density at radius 2 is 2.00 bits per heavy atom. The molecule has 3 heteroatoms. The molecule has 2 aromatic rings. The van der Waals surface area contributed by atoms with Gasteiger partial charge in [-0.3, -0.25) is 0 Å². The highest BCUT2D eigenvalue weighted by Crippen LogP contribution is 2.34. The van der Waals surface area contributed by atoms with Gasteiger partial charge in [0.05, 0.1) is 14.2 Å². The van der Waals surface area contributed by atoms with Gasteiger partial charge in [-0.2, -0.15) is 0 Å². The van der Waals surface area contributed by atoms with E-state index in [1.807, 2.05) is 17.5 Å². The molecule has 1 aromatic carbocycles. The summed E-state index contributed by atoms with van der Waals surface area (Å²) in [5, 5.41) is 3.19. The molecular weight excluding hydrogens is 184 g/mol. The predicted molar refractivity (Wildman–Crippen MR) is 54.9 cm³/mol. The van der Waals surface area contributed by atoms with Gasteiger partial charge >= 0.3 is 0 Å². The smallest absolute Gasteiger partial charge is 0.131 e. The predicted octanol–water partition coefficient (Wildman–Crippen LogP) is 2.92. The van der Waals surface area contributed by atoms with Crippen molar-refractivity contribution in [1.82, 2.24) is 0 Å². The van der Waals surface area contributed by atoms with Crippen molar-refractivity contribution in [2.45, 2.75) is 0 Å². The third kappa shape index (κ3) is 1.35. The molecule has 0 fully saturated rings. The molecule has 0 saturated carbocycles. The van der Waals surface area contributed by atoms with E-state index in [0.717, 1.165) is 16.9 Å². The summed E-state index contributed by atoms with van der Waals surface area (Å²) in [5.74, 6) is 1.71. The standard InChI is InChI=1S/C10H10O2S/c1-11-7-5-9(12-2)8-3-4-13-10(8)6-7/h3-6H,1-2H3. The summed E-state index contributed by atoms with van der Waals surface area (Å²) < 4.78 is 11.6. The lowest BCUT2D eigenvalue weighted by Gasteiger charge is -2.04. The number of rotatable bonds is 2. The van der Waals surface area contributed by atoms with E-state index in [9.17, 15) is 0 Å². The number of hydrogen-bond donors (Lipinski definition) is 0. The molecule has 1 heterocycles. The third-order valence-corrected chi connectivity index (χ3v) is 2.83. The van der Waals surface area contributed by atoms with Crippen LogP contribution < -0.4 is 9.47 Å². The van der Waals surface area contributed by atoms with E-state index in [1.54, 1.807) is 25.6 Å². The fourth-order valence-corrected chi connectivity index (χ4v) is 2.13. The van der Waals surface area contributed by atoms with Crippen LogP contribution in [0.15, 0.2) is 23.6 Å². The van der Waals surface area contributed by atoms with Crippen molar-refractivity contribution in [1.29, 1.82) is 0 Å². The quantitative estimate of drug-likeness (QED) is 0.731. The van der Waals surface area contributed by atoms with Crippen LogP contribution in [0.25, 0.3) is 10.1 Å². The molecule has 0 atom stereocenters. The zero-order valence-electron chi connectivity index (χ0n) is 7.53. The SMILES string of the molecule is COc1cc(OC)c2ccsc2c1. The molecule has 0 radical (unpaired) electrons. The highest BCUT2D eigenvalue weighted by Gasteiger charge is 2.04. The third-order valence-electron chi connectivity index (χ3n) is 1.96. The van der Waals surface area contributed by atoms with Crippen molar-refractivity contribution in [2.24, 2.45) is 0 Å². The molecule has 0 aliphatic heterocycles. The first kappa shape index (κ1) is 8.38. The first-order chi connectivity index (χ1) is 6.35. The second kappa shape index (κ2) is 3.26. The second-order valence-corrected chi connectivity index (χ2v) is 3.61. The van der Waals surface area contributed by atoms with Crippen LogP contribution in [0.3, 0.4) is 0 Å². The molecule has 0 N–H and O–H groups in total. The molecule has 0 bridgehead atoms. The maximum absolute atomic E-state index is 5.25. The van der Waals surface area contributed by atoms with E-state index in [-0.39, 0.29) is 0 Å². The molecular formula is C10H10O2S. The van der Waals surface area contributed by atoms with Gasteiger partial charge in [0.15, 0.2) is 0 Å². The molecule has 0 amide bonds. The van der Waals surface area contributed by atoms with Crippen molar-refractivity contribution in [3.05, 3.63) is 23.6 Å². The highest BCUT2D eigenvalue weighted by atomic mass is 32.1. The molecule has 0 saturated heterocycles. The van der Waals surface area contributed by atoms with Gasteiger partial charge < -0.3 is 9.47 Å². The topological polar surface area (TPSA) is 18.5 Å². The van der Waals surface area contributed by atoms with Crippen molar-refractivity contribution in [3.63, 3.8) is 0 Å². The van der Waals surface area contributed by atoms with E-state index in [4.69, 9.17) is 9.47 Å². The Kier molecular flexibility index (Phi) is 2.10. The molecule has 68 valence electrons. The van der Waals surface area contributed by atoms with Gasteiger partial charge in [-0.05, 0) is 17.5 Å². The summed E-state index contributed by atoms with van der Waals surface area (Å²) in [4.78, 5) is 0. The van der Waals surface area contributed by atoms with E-state index in [1.165, 1.54) is 4.70 Å². The maximum atomic E-state index is 5.25. The lowest BCUT2D eigenvalue weighted by molar-refractivity contribution is 0.398. The fraction of sp³-hybridized carbons (Fsp3) is 0.200. The average molecular weight is 194 g/mol. The average Bonchev–Trinajstić information content (AvgIpc) is 2.63. The van der Waals surface area contributed by atoms with Crippen molar-refractivity contribution < 1.29 is 9.47 Å². The molecule has 0 aliphatic rings. The number of benzene rings is 1. The van der Waals surface area contributed by atoms with Crippen LogP contribution in [-0.4, -0.2) is 14.2 Å². The van der Waals surface area contributed by atoms with Crippen molar-refractivity contribution >= 4 is 21.4 Å². The Bertz CT molecular complexity index is 420. The lowest BCUT2D eigenvalue weighted by Crippen LogP contribution is -1.86. The minimum atomic E-state index is 0.840. The largest absolute Gasteiger partial charge is 0.497 e. The Labute approximate surface area is 80.7 Å². The second-order valence-electron chi connectivity index (χ2n) is 2.66. The summed E-state index contributed by atoms with van der Waals surface area (Å²) >= 11 is 1.69. The van der Waals surface area contributed by atoms with Gasteiger partial charge in [0.2, 0.25) is 0 Å². The number of hydrogen-bond acceptors (Lipinski definition) is 3. The Morgan fingerprint density at radius 3 is 2.69 bits per heavy atom. The van der Waals surface area contributed by atoms with E-state index in [2.05, 4.69) is 6.07 Å². The van der Waals surface area contributed by atoms with Gasteiger partial charge in [0.25, 0.3) is 0 Å². The minimum absolute atomic E-state index is 0.840. The maximum Gasteiger partial charge on any atom is 0.131 e. The number of fused-ring (bicyclic) bond motifs is 1. The molecule has 1 aromatic heterocycles. The lowest BCUT2D eigenvalue weighted by atomic mass is 10.2. The summed E-state index contributed by atoms with van der Waals surface area (Å²) in [6.45, 7) is 0. The van der Waals surface area contributed by atoms with Crippen LogP contribution in [0.5, 0.6) is 11.5 Å². The van der Waals surface area contributed by atoms with Gasteiger partial charge in [0, 0.05) is 16.2 Å². The van der Waals surface area contributed by atoms with Gasteiger partial charge in [-0.25, -0.2) is 0 Å². The molecule has 13 heavy (non-hydrogen) atoms. The van der Waals surface area contributed by atoms with E-state index >= 15 is 0 Å². The van der Waals surface area contributed by atoms with E-state index < -0.39 is 0 Å². The molecule has 2 rings (SSSR count). The molecule has 0 spiro atoms. The van der Waals surface area contributed by atoms with Crippen LogP contribution >= 0.6 is 11.3 Å². The Morgan fingerprint density at radius 1 is 1.15 bits per heavy atom. The molecule has 0 unspecified atom stereocenters. The number of thiophene rings is 1. The highest BCUT2D eigenvalue weighted by molar-refractivity contribution is 7.17. The van der Waals surface area contributed by atoms with Crippen LogP contribution in [0.2, 0.25) is 0 Å². The first-order valence-corrected chi connectivity index (χ1v) is 4.82.